The highest BCUT2D eigenvalue weighted by atomic mass is 79.9. The minimum absolute atomic E-state index is 0.0160. The minimum Gasteiger partial charge on any atom is -0.353 e. The molecule has 2 heterocycles. The number of nitrogens with zero attached hydrogens (tertiary/aromatic N) is 4. The molecular formula is C20H24BrN5O. The van der Waals surface area contributed by atoms with Crippen LogP contribution in [0, 0.1) is 6.92 Å². The summed E-state index contributed by atoms with van der Waals surface area (Å²) >= 11 is 3.54. The zero-order valence-electron chi connectivity index (χ0n) is 15.6. The lowest BCUT2D eigenvalue weighted by molar-refractivity contribution is 0.193. The van der Waals surface area contributed by atoms with Crippen LogP contribution in [0.3, 0.4) is 0 Å². The van der Waals surface area contributed by atoms with Crippen molar-refractivity contribution in [1.29, 1.82) is 0 Å². The van der Waals surface area contributed by atoms with E-state index in [4.69, 9.17) is 0 Å². The molecule has 4 rings (SSSR count). The van der Waals surface area contributed by atoms with Gasteiger partial charge in [0.2, 0.25) is 0 Å². The lowest BCUT2D eigenvalue weighted by Crippen LogP contribution is -2.45. The van der Waals surface area contributed by atoms with Gasteiger partial charge in [-0.3, -0.25) is 0 Å². The first-order chi connectivity index (χ1) is 13.0. The highest BCUT2D eigenvalue weighted by Crippen LogP contribution is 2.41. The summed E-state index contributed by atoms with van der Waals surface area (Å²) in [7, 11) is 1.89. The molecule has 1 aliphatic heterocycles. The van der Waals surface area contributed by atoms with Gasteiger partial charge in [-0.2, -0.15) is 5.10 Å². The molecule has 0 radical (unpaired) electrons. The Labute approximate surface area is 168 Å². The maximum Gasteiger partial charge on any atom is 0.317 e. The largest absolute Gasteiger partial charge is 0.353 e. The highest BCUT2D eigenvalue weighted by molar-refractivity contribution is 9.10. The Kier molecular flexibility index (Phi) is 5.04. The van der Waals surface area contributed by atoms with E-state index in [1.807, 2.05) is 24.1 Å². The summed E-state index contributed by atoms with van der Waals surface area (Å²) in [4.78, 5) is 16.7. The number of anilines is 1. The number of benzene rings is 1. The number of aryl methyl sites for hydroxylation is 1. The Morgan fingerprint density at radius 3 is 2.96 bits per heavy atom. The topological polar surface area (TPSA) is 61.4 Å². The summed E-state index contributed by atoms with van der Waals surface area (Å²) in [5, 5.41) is 11.3. The summed E-state index contributed by atoms with van der Waals surface area (Å²) in [5.74, 6) is 1.30. The molecule has 2 amide bonds. The van der Waals surface area contributed by atoms with Gasteiger partial charge in [0.1, 0.15) is 0 Å². The van der Waals surface area contributed by atoms with Crippen LogP contribution in [0.25, 0.3) is 0 Å². The maximum absolute atomic E-state index is 12.7. The van der Waals surface area contributed by atoms with E-state index in [1.165, 1.54) is 11.1 Å². The van der Waals surface area contributed by atoms with Crippen molar-refractivity contribution in [3.63, 3.8) is 0 Å². The molecule has 0 spiro atoms. The van der Waals surface area contributed by atoms with E-state index in [0.29, 0.717) is 5.92 Å². The van der Waals surface area contributed by atoms with Crippen LogP contribution in [0.5, 0.6) is 0 Å². The molecule has 0 bridgehead atoms. The number of carbonyl (C=O) groups excluding carboxylic acids is 1. The fourth-order valence-corrected chi connectivity index (χ4v) is 4.02. The zero-order valence-corrected chi connectivity index (χ0v) is 17.2. The van der Waals surface area contributed by atoms with E-state index in [0.717, 1.165) is 36.2 Å². The number of nitrogens with one attached hydrogen (secondary N) is 1. The molecule has 2 aliphatic rings. The van der Waals surface area contributed by atoms with Crippen molar-refractivity contribution in [2.75, 3.05) is 25.0 Å². The number of rotatable bonds is 4. The second kappa shape index (κ2) is 7.46. The Bertz CT molecular complexity index is 830. The van der Waals surface area contributed by atoms with Gasteiger partial charge in [-0.15, -0.1) is 5.10 Å². The molecule has 1 unspecified atom stereocenters. The lowest BCUT2D eigenvalue weighted by atomic mass is 10.1. The van der Waals surface area contributed by atoms with Crippen LogP contribution in [0.4, 0.5) is 10.6 Å². The molecule has 1 aromatic carbocycles. The number of halogens is 1. The molecule has 2 aromatic rings. The molecule has 142 valence electrons. The average molecular weight is 430 g/mol. The van der Waals surface area contributed by atoms with Gasteiger partial charge in [0.05, 0.1) is 6.04 Å². The van der Waals surface area contributed by atoms with Gasteiger partial charge in [-0.25, -0.2) is 4.79 Å². The second-order valence-electron chi connectivity index (χ2n) is 7.49. The number of amides is 2. The molecule has 3 atom stereocenters. The van der Waals surface area contributed by atoms with Gasteiger partial charge in [-0.1, -0.05) is 28.1 Å². The molecule has 1 N–H and O–H groups in total. The predicted molar refractivity (Wildman–Crippen MR) is 109 cm³/mol. The predicted octanol–water partition coefficient (Wildman–Crippen LogP) is 3.32. The van der Waals surface area contributed by atoms with E-state index >= 15 is 0 Å². The monoisotopic (exact) mass is 429 g/mol. The number of urea groups is 1. The third-order valence-corrected chi connectivity index (χ3v) is 6.51. The first-order valence-electron chi connectivity index (χ1n) is 9.35. The number of likely N-dealkylation sites (N-methyl/N-ethyl adjacent to an activating group) is 1. The molecule has 1 aromatic heterocycles. The average Bonchev–Trinajstić information content (AvgIpc) is 3.26. The smallest absolute Gasteiger partial charge is 0.317 e. The van der Waals surface area contributed by atoms with Crippen molar-refractivity contribution in [1.82, 2.24) is 20.4 Å². The fourth-order valence-electron chi connectivity index (χ4n) is 3.78. The Morgan fingerprint density at radius 2 is 2.22 bits per heavy atom. The summed E-state index contributed by atoms with van der Waals surface area (Å²) in [6, 6.07) is 10.7. The van der Waals surface area contributed by atoms with Crippen molar-refractivity contribution in [2.45, 2.75) is 37.8 Å². The van der Waals surface area contributed by atoms with Crippen molar-refractivity contribution in [3.05, 3.63) is 52.1 Å². The van der Waals surface area contributed by atoms with Crippen molar-refractivity contribution < 1.29 is 4.79 Å². The van der Waals surface area contributed by atoms with Crippen molar-refractivity contribution in [2.24, 2.45) is 0 Å². The quantitative estimate of drug-likeness (QED) is 0.809. The number of aromatic nitrogens is 2. The van der Waals surface area contributed by atoms with E-state index in [-0.39, 0.29) is 18.1 Å². The molecule has 6 nitrogen and oxygen atoms in total. The Balaban J connectivity index is 1.31. The third-order valence-electron chi connectivity index (χ3n) is 5.62. The minimum atomic E-state index is 0.0160. The fraction of sp³-hybridized carbons (Fsp3) is 0.450. The van der Waals surface area contributed by atoms with Crippen LogP contribution in [0.2, 0.25) is 0 Å². The van der Waals surface area contributed by atoms with Crippen molar-refractivity contribution >= 4 is 27.8 Å². The Hall–Kier alpha value is -2.15. The van der Waals surface area contributed by atoms with Gasteiger partial charge in [-0.05, 0) is 49.1 Å². The van der Waals surface area contributed by atoms with Gasteiger partial charge < -0.3 is 15.1 Å². The number of hydrogen-bond donors (Lipinski definition) is 1. The van der Waals surface area contributed by atoms with E-state index in [1.54, 1.807) is 6.20 Å². The third kappa shape index (κ3) is 3.93. The molecule has 27 heavy (non-hydrogen) atoms. The first kappa shape index (κ1) is 18.2. The molecule has 1 aliphatic carbocycles. The zero-order chi connectivity index (χ0) is 19.0. The van der Waals surface area contributed by atoms with Crippen LogP contribution in [-0.2, 0) is 0 Å². The Morgan fingerprint density at radius 1 is 1.37 bits per heavy atom. The molecule has 7 heteroatoms. The standard InChI is InChI=1S/C20H24BrN5O/c1-13-10-14(5-6-17(13)21)16-11-18(16)23-20(27)25(2)15-7-9-26(12-15)19-4-3-8-22-24-19/h3-6,8,10,15-16,18H,7,9,11-12H2,1-2H3,(H,23,27)/t15?,16-,18+/m1/s1. The number of hydrogen-bond acceptors (Lipinski definition) is 4. The van der Waals surface area contributed by atoms with Crippen molar-refractivity contribution in [3.8, 4) is 0 Å². The van der Waals surface area contributed by atoms with Gasteiger partial charge >= 0.3 is 6.03 Å². The normalized spacial score (nSPS) is 24.0. The SMILES string of the molecule is Cc1cc([C@H]2C[C@@H]2NC(=O)N(C)C2CCN(c3cccnn3)C2)ccc1Br. The van der Waals surface area contributed by atoms with Gasteiger partial charge in [0.25, 0.3) is 0 Å². The van der Waals surface area contributed by atoms with Gasteiger partial charge in [0.15, 0.2) is 5.82 Å². The molecule has 2 fully saturated rings. The first-order valence-corrected chi connectivity index (χ1v) is 10.1. The van der Waals surface area contributed by atoms with E-state index in [2.05, 4.69) is 61.5 Å². The van der Waals surface area contributed by atoms with Crippen LogP contribution in [0.15, 0.2) is 41.0 Å². The van der Waals surface area contributed by atoms with Crippen LogP contribution in [-0.4, -0.2) is 53.3 Å². The summed E-state index contributed by atoms with van der Waals surface area (Å²) < 4.78 is 1.13. The maximum atomic E-state index is 12.7. The van der Waals surface area contributed by atoms with Crippen LogP contribution < -0.4 is 10.2 Å². The molecular weight excluding hydrogens is 406 g/mol. The summed E-state index contributed by atoms with van der Waals surface area (Å²) in [6.45, 7) is 3.79. The number of carbonyl (C=O) groups is 1. The van der Waals surface area contributed by atoms with E-state index < -0.39 is 0 Å². The summed E-state index contributed by atoms with van der Waals surface area (Å²) in [6.07, 6.45) is 3.63. The lowest BCUT2D eigenvalue weighted by Gasteiger charge is -2.25. The second-order valence-corrected chi connectivity index (χ2v) is 8.34. The molecule has 1 saturated carbocycles. The van der Waals surface area contributed by atoms with E-state index in [9.17, 15) is 4.79 Å². The summed E-state index contributed by atoms with van der Waals surface area (Å²) in [5.41, 5.74) is 2.54. The molecule has 1 saturated heterocycles. The van der Waals surface area contributed by atoms with Gasteiger partial charge in [0, 0.05) is 42.8 Å². The van der Waals surface area contributed by atoms with Crippen LogP contribution >= 0.6 is 15.9 Å². The van der Waals surface area contributed by atoms with Crippen LogP contribution in [0.1, 0.15) is 29.9 Å². The highest BCUT2D eigenvalue weighted by Gasteiger charge is 2.41.